The van der Waals surface area contributed by atoms with Crippen LogP contribution in [0.3, 0.4) is 0 Å². The SMILES string of the molecule is CC[C@H](C)[C@H]1C(=O)Nc2ccccc2CN1C(=O)CCN1CCC[C@H]1C(N)=O. The zero-order valence-electron chi connectivity index (χ0n) is 16.7. The monoisotopic (exact) mass is 386 g/mol. The molecule has 3 N–H and O–H groups in total. The second-order valence-electron chi connectivity index (χ2n) is 7.84. The van der Waals surface area contributed by atoms with Crippen molar-refractivity contribution in [1.82, 2.24) is 9.80 Å². The number of benzene rings is 1. The molecule has 0 aliphatic carbocycles. The second-order valence-corrected chi connectivity index (χ2v) is 7.84. The van der Waals surface area contributed by atoms with Gasteiger partial charge in [-0.3, -0.25) is 19.3 Å². The molecule has 152 valence electrons. The molecule has 0 bridgehead atoms. The predicted octanol–water partition coefficient (Wildman–Crippen LogP) is 1.72. The lowest BCUT2D eigenvalue weighted by atomic mass is 9.96. The number of nitrogens with zero attached hydrogens (tertiary/aromatic N) is 2. The molecule has 0 spiro atoms. The topological polar surface area (TPSA) is 95.7 Å². The number of hydrogen-bond donors (Lipinski definition) is 2. The van der Waals surface area contributed by atoms with Crippen molar-refractivity contribution in [1.29, 1.82) is 0 Å². The summed E-state index contributed by atoms with van der Waals surface area (Å²) in [6, 6.07) is 6.82. The van der Waals surface area contributed by atoms with Crippen LogP contribution in [0.4, 0.5) is 5.69 Å². The molecule has 0 saturated carbocycles. The first kappa shape index (κ1) is 20.3. The molecule has 7 heteroatoms. The Morgan fingerprint density at radius 2 is 2.07 bits per heavy atom. The summed E-state index contributed by atoms with van der Waals surface area (Å²) in [5, 5.41) is 2.99. The van der Waals surface area contributed by atoms with E-state index in [1.165, 1.54) is 0 Å². The number of hydrogen-bond acceptors (Lipinski definition) is 4. The maximum absolute atomic E-state index is 13.2. The molecular weight excluding hydrogens is 356 g/mol. The third kappa shape index (κ3) is 4.19. The van der Waals surface area contributed by atoms with E-state index in [0.29, 0.717) is 13.1 Å². The third-order valence-corrected chi connectivity index (χ3v) is 6.03. The van der Waals surface area contributed by atoms with Gasteiger partial charge in [0, 0.05) is 25.2 Å². The molecule has 3 atom stereocenters. The Bertz CT molecular complexity index is 751. The molecule has 2 aliphatic heterocycles. The Labute approximate surface area is 166 Å². The molecule has 2 aliphatic rings. The van der Waals surface area contributed by atoms with Crippen LogP contribution >= 0.6 is 0 Å². The fourth-order valence-corrected chi connectivity index (χ4v) is 4.24. The van der Waals surface area contributed by atoms with E-state index in [1.54, 1.807) is 4.90 Å². The standard InChI is InChI=1S/C21H30N4O3/c1-3-14(2)19-21(28)23-16-8-5-4-7-15(16)13-25(19)18(26)10-12-24-11-6-9-17(24)20(22)27/h4-5,7-8,14,17,19H,3,6,9-13H2,1-2H3,(H2,22,27)(H,23,28)/t14-,17-,19-/m0/s1. The highest BCUT2D eigenvalue weighted by Gasteiger charge is 2.37. The minimum Gasteiger partial charge on any atom is -0.368 e. The van der Waals surface area contributed by atoms with Crippen LogP contribution in [-0.2, 0) is 20.9 Å². The van der Waals surface area contributed by atoms with Gasteiger partial charge < -0.3 is 16.0 Å². The third-order valence-electron chi connectivity index (χ3n) is 6.03. The normalized spacial score (nSPS) is 23.6. The number of primary amides is 1. The molecule has 1 aromatic rings. The zero-order valence-corrected chi connectivity index (χ0v) is 16.7. The Morgan fingerprint density at radius 1 is 1.32 bits per heavy atom. The van der Waals surface area contributed by atoms with Crippen molar-refractivity contribution in [3.8, 4) is 0 Å². The fourth-order valence-electron chi connectivity index (χ4n) is 4.24. The van der Waals surface area contributed by atoms with Gasteiger partial charge in [0.2, 0.25) is 17.7 Å². The van der Waals surface area contributed by atoms with Crippen LogP contribution in [0.2, 0.25) is 0 Å². The summed E-state index contributed by atoms with van der Waals surface area (Å²) in [6.07, 6.45) is 2.73. The molecular formula is C21H30N4O3. The van der Waals surface area contributed by atoms with Crippen molar-refractivity contribution >= 4 is 23.4 Å². The van der Waals surface area contributed by atoms with Crippen molar-refractivity contribution in [2.24, 2.45) is 11.7 Å². The molecule has 1 saturated heterocycles. The van der Waals surface area contributed by atoms with E-state index < -0.39 is 6.04 Å². The van der Waals surface area contributed by atoms with Crippen LogP contribution in [-0.4, -0.2) is 52.7 Å². The van der Waals surface area contributed by atoms with E-state index in [-0.39, 0.29) is 36.1 Å². The fraction of sp³-hybridized carbons (Fsp3) is 0.571. The van der Waals surface area contributed by atoms with Gasteiger partial charge in [-0.1, -0.05) is 38.5 Å². The summed E-state index contributed by atoms with van der Waals surface area (Å²) in [5.74, 6) is -0.481. The van der Waals surface area contributed by atoms with Crippen LogP contribution in [0.1, 0.15) is 45.1 Å². The smallest absolute Gasteiger partial charge is 0.247 e. The van der Waals surface area contributed by atoms with Gasteiger partial charge in [-0.25, -0.2) is 0 Å². The molecule has 3 rings (SSSR count). The van der Waals surface area contributed by atoms with E-state index in [2.05, 4.69) is 5.32 Å². The van der Waals surface area contributed by atoms with E-state index >= 15 is 0 Å². The molecule has 3 amide bonds. The molecule has 1 aromatic carbocycles. The van der Waals surface area contributed by atoms with Crippen LogP contribution in [0, 0.1) is 5.92 Å². The van der Waals surface area contributed by atoms with Gasteiger partial charge in [0.25, 0.3) is 0 Å². The summed E-state index contributed by atoms with van der Waals surface area (Å²) in [6.45, 7) is 5.70. The summed E-state index contributed by atoms with van der Waals surface area (Å²) in [4.78, 5) is 41.4. The Balaban J connectivity index is 1.78. The van der Waals surface area contributed by atoms with Gasteiger partial charge in [-0.05, 0) is 36.9 Å². The van der Waals surface area contributed by atoms with Crippen LogP contribution in [0.25, 0.3) is 0 Å². The van der Waals surface area contributed by atoms with Gasteiger partial charge in [0.1, 0.15) is 6.04 Å². The second kappa shape index (κ2) is 8.73. The molecule has 0 aromatic heterocycles. The molecule has 2 heterocycles. The number of rotatable bonds is 6. The van der Waals surface area contributed by atoms with Crippen molar-refractivity contribution < 1.29 is 14.4 Å². The molecule has 0 unspecified atom stereocenters. The molecule has 0 radical (unpaired) electrons. The van der Waals surface area contributed by atoms with Crippen molar-refractivity contribution in [3.63, 3.8) is 0 Å². The van der Waals surface area contributed by atoms with E-state index in [9.17, 15) is 14.4 Å². The van der Waals surface area contributed by atoms with Crippen molar-refractivity contribution in [2.45, 2.75) is 58.2 Å². The number of fused-ring (bicyclic) bond motifs is 1. The minimum absolute atomic E-state index is 0.0448. The number of amides is 3. The van der Waals surface area contributed by atoms with E-state index in [1.807, 2.05) is 43.0 Å². The number of nitrogens with two attached hydrogens (primary N) is 1. The molecule has 28 heavy (non-hydrogen) atoms. The first-order chi connectivity index (χ1) is 13.4. The van der Waals surface area contributed by atoms with Crippen LogP contribution in [0.5, 0.6) is 0 Å². The van der Waals surface area contributed by atoms with E-state index in [0.717, 1.165) is 37.1 Å². The number of likely N-dealkylation sites (tertiary alicyclic amines) is 1. The average Bonchev–Trinajstić information content (AvgIpc) is 3.09. The lowest BCUT2D eigenvalue weighted by Crippen LogP contribution is -2.50. The van der Waals surface area contributed by atoms with Gasteiger partial charge in [0.15, 0.2) is 0 Å². The van der Waals surface area contributed by atoms with Gasteiger partial charge in [-0.15, -0.1) is 0 Å². The van der Waals surface area contributed by atoms with E-state index in [4.69, 9.17) is 5.73 Å². The van der Waals surface area contributed by atoms with Gasteiger partial charge >= 0.3 is 0 Å². The Morgan fingerprint density at radius 3 is 2.79 bits per heavy atom. The Hall–Kier alpha value is -2.41. The molecule has 7 nitrogen and oxygen atoms in total. The maximum Gasteiger partial charge on any atom is 0.247 e. The van der Waals surface area contributed by atoms with Crippen LogP contribution in [0.15, 0.2) is 24.3 Å². The number of anilines is 1. The summed E-state index contributed by atoms with van der Waals surface area (Å²) >= 11 is 0. The number of para-hydroxylation sites is 1. The number of carbonyl (C=O) groups is 3. The largest absolute Gasteiger partial charge is 0.368 e. The number of nitrogens with one attached hydrogen (secondary N) is 1. The summed E-state index contributed by atoms with van der Waals surface area (Å²) in [7, 11) is 0. The highest BCUT2D eigenvalue weighted by atomic mass is 16.2. The summed E-state index contributed by atoms with van der Waals surface area (Å²) < 4.78 is 0. The van der Waals surface area contributed by atoms with Gasteiger partial charge in [-0.2, -0.15) is 0 Å². The predicted molar refractivity (Wildman–Crippen MR) is 107 cm³/mol. The average molecular weight is 386 g/mol. The van der Waals surface area contributed by atoms with Crippen molar-refractivity contribution in [2.75, 3.05) is 18.4 Å². The van der Waals surface area contributed by atoms with Gasteiger partial charge in [0.05, 0.1) is 6.04 Å². The molecule has 1 fully saturated rings. The Kier molecular flexibility index (Phi) is 6.34. The first-order valence-corrected chi connectivity index (χ1v) is 10.1. The lowest BCUT2D eigenvalue weighted by molar-refractivity contribution is -0.141. The summed E-state index contributed by atoms with van der Waals surface area (Å²) in [5.41, 5.74) is 7.18. The highest BCUT2D eigenvalue weighted by Crippen LogP contribution is 2.28. The highest BCUT2D eigenvalue weighted by molar-refractivity contribution is 5.99. The number of carbonyl (C=O) groups excluding carboxylic acids is 3. The quantitative estimate of drug-likeness (QED) is 0.778. The zero-order chi connectivity index (χ0) is 20.3. The minimum atomic E-state index is -0.504. The first-order valence-electron chi connectivity index (χ1n) is 10.1. The maximum atomic E-state index is 13.2. The van der Waals surface area contributed by atoms with Crippen molar-refractivity contribution in [3.05, 3.63) is 29.8 Å². The lowest BCUT2D eigenvalue weighted by Gasteiger charge is -2.33. The van der Waals surface area contributed by atoms with Crippen LogP contribution < -0.4 is 11.1 Å².